The molecule has 0 saturated heterocycles. The number of anilines is 1. The number of aromatic nitrogens is 4. The van der Waals surface area contributed by atoms with Crippen molar-refractivity contribution in [1.82, 2.24) is 19.1 Å². The topological polar surface area (TPSA) is 95.8 Å². The Hall–Kier alpha value is -2.44. The van der Waals surface area contributed by atoms with Gasteiger partial charge in [0.2, 0.25) is 0 Å². The first-order valence-corrected chi connectivity index (χ1v) is 5.49. The van der Waals surface area contributed by atoms with Gasteiger partial charge in [-0.3, -0.25) is 13.9 Å². The summed E-state index contributed by atoms with van der Waals surface area (Å²) in [4.78, 5) is 31.8. The SMILES string of the molecule is CCn1cc(N)c(=O)n(Cc2ncccn2)c1=O. The van der Waals surface area contributed by atoms with Gasteiger partial charge in [0.1, 0.15) is 11.5 Å². The molecule has 0 amide bonds. The third-order valence-corrected chi connectivity index (χ3v) is 2.52. The number of aryl methyl sites for hydroxylation is 1. The van der Waals surface area contributed by atoms with Crippen LogP contribution in [0.5, 0.6) is 0 Å². The molecule has 94 valence electrons. The predicted molar refractivity (Wildman–Crippen MR) is 66.2 cm³/mol. The summed E-state index contributed by atoms with van der Waals surface area (Å²) in [5, 5.41) is 0. The van der Waals surface area contributed by atoms with Crippen LogP contribution in [0.1, 0.15) is 12.7 Å². The molecule has 0 aliphatic rings. The van der Waals surface area contributed by atoms with Crippen LogP contribution >= 0.6 is 0 Å². The molecule has 0 radical (unpaired) electrons. The zero-order chi connectivity index (χ0) is 13.1. The Labute approximate surface area is 103 Å². The third kappa shape index (κ3) is 2.15. The number of nitrogen functional groups attached to an aromatic ring is 1. The molecule has 0 fully saturated rings. The molecule has 0 aliphatic carbocycles. The summed E-state index contributed by atoms with van der Waals surface area (Å²) in [6.45, 7) is 2.26. The number of hydrogen-bond acceptors (Lipinski definition) is 5. The molecule has 2 N–H and O–H groups in total. The van der Waals surface area contributed by atoms with Crippen molar-refractivity contribution < 1.29 is 0 Å². The molecular weight excluding hydrogens is 234 g/mol. The Kier molecular flexibility index (Phi) is 3.22. The van der Waals surface area contributed by atoms with Crippen LogP contribution in [0, 0.1) is 0 Å². The highest BCUT2D eigenvalue weighted by atomic mass is 16.2. The monoisotopic (exact) mass is 247 g/mol. The molecule has 7 heteroatoms. The predicted octanol–water partition coefficient (Wildman–Crippen LogP) is -0.550. The lowest BCUT2D eigenvalue weighted by atomic mass is 10.4. The molecule has 0 spiro atoms. The van der Waals surface area contributed by atoms with Crippen molar-refractivity contribution in [3.63, 3.8) is 0 Å². The van der Waals surface area contributed by atoms with Crippen molar-refractivity contribution in [3.8, 4) is 0 Å². The van der Waals surface area contributed by atoms with E-state index in [4.69, 9.17) is 5.73 Å². The van der Waals surface area contributed by atoms with Crippen LogP contribution < -0.4 is 17.0 Å². The van der Waals surface area contributed by atoms with E-state index in [1.807, 2.05) is 0 Å². The minimum absolute atomic E-state index is 0.0174. The second-order valence-electron chi connectivity index (χ2n) is 3.71. The van der Waals surface area contributed by atoms with Gasteiger partial charge in [-0.15, -0.1) is 0 Å². The van der Waals surface area contributed by atoms with Gasteiger partial charge in [0.15, 0.2) is 0 Å². The highest BCUT2D eigenvalue weighted by Crippen LogP contribution is 1.93. The fourth-order valence-electron chi connectivity index (χ4n) is 1.60. The maximum absolute atomic E-state index is 12.0. The van der Waals surface area contributed by atoms with Gasteiger partial charge in [-0.1, -0.05) is 0 Å². The first kappa shape index (κ1) is 12.0. The minimum atomic E-state index is -0.517. The van der Waals surface area contributed by atoms with Crippen LogP contribution in [0.3, 0.4) is 0 Å². The molecule has 0 unspecified atom stereocenters. The number of hydrogen-bond donors (Lipinski definition) is 1. The van der Waals surface area contributed by atoms with Crippen molar-refractivity contribution in [2.45, 2.75) is 20.0 Å². The van der Waals surface area contributed by atoms with Crippen LogP contribution in [-0.4, -0.2) is 19.1 Å². The second kappa shape index (κ2) is 4.82. The average molecular weight is 247 g/mol. The van der Waals surface area contributed by atoms with Gasteiger partial charge in [-0.05, 0) is 13.0 Å². The van der Waals surface area contributed by atoms with E-state index in [2.05, 4.69) is 9.97 Å². The largest absolute Gasteiger partial charge is 0.393 e. The van der Waals surface area contributed by atoms with Gasteiger partial charge in [-0.2, -0.15) is 0 Å². The molecule has 0 saturated carbocycles. The summed E-state index contributed by atoms with van der Waals surface area (Å²) in [6.07, 6.45) is 4.46. The van der Waals surface area contributed by atoms with Crippen molar-refractivity contribution in [2.75, 3.05) is 5.73 Å². The molecule has 0 bridgehead atoms. The van der Waals surface area contributed by atoms with E-state index in [1.54, 1.807) is 25.4 Å². The highest BCUT2D eigenvalue weighted by molar-refractivity contribution is 5.31. The molecule has 7 nitrogen and oxygen atoms in total. The summed E-state index contributed by atoms with van der Waals surface area (Å²) in [7, 11) is 0. The zero-order valence-corrected chi connectivity index (χ0v) is 9.91. The fourth-order valence-corrected chi connectivity index (χ4v) is 1.60. The van der Waals surface area contributed by atoms with Crippen LogP contribution in [0.25, 0.3) is 0 Å². The lowest BCUT2D eigenvalue weighted by molar-refractivity contribution is 0.590. The Bertz CT molecular complexity index is 659. The number of nitrogens with zero attached hydrogens (tertiary/aromatic N) is 4. The van der Waals surface area contributed by atoms with Crippen molar-refractivity contribution in [2.24, 2.45) is 0 Å². The van der Waals surface area contributed by atoms with Crippen LogP contribution in [0.15, 0.2) is 34.2 Å². The highest BCUT2D eigenvalue weighted by Gasteiger charge is 2.09. The quantitative estimate of drug-likeness (QED) is 0.785. The summed E-state index contributed by atoms with van der Waals surface area (Å²) >= 11 is 0. The lowest BCUT2D eigenvalue weighted by Gasteiger charge is -2.08. The van der Waals surface area contributed by atoms with Crippen molar-refractivity contribution in [3.05, 3.63) is 51.3 Å². The molecule has 0 aliphatic heterocycles. The Morgan fingerprint density at radius 3 is 2.56 bits per heavy atom. The normalized spacial score (nSPS) is 10.5. The molecule has 2 aromatic rings. The van der Waals surface area contributed by atoms with E-state index in [0.717, 1.165) is 4.57 Å². The number of nitrogens with two attached hydrogens (primary N) is 1. The van der Waals surface area contributed by atoms with Gasteiger partial charge in [0, 0.05) is 25.1 Å². The standard InChI is InChI=1S/C11H13N5O2/c1-2-15-6-8(12)10(17)16(11(15)18)7-9-13-4-3-5-14-9/h3-6H,2,7,12H2,1H3. The molecule has 2 aromatic heterocycles. The molecule has 2 rings (SSSR count). The first-order chi connectivity index (χ1) is 8.63. The molecule has 0 aromatic carbocycles. The fraction of sp³-hybridized carbons (Fsp3) is 0.273. The van der Waals surface area contributed by atoms with Crippen LogP contribution in [0.2, 0.25) is 0 Å². The van der Waals surface area contributed by atoms with Gasteiger partial charge < -0.3 is 5.73 Å². The Balaban J connectivity index is 2.54. The Morgan fingerprint density at radius 1 is 1.28 bits per heavy atom. The van der Waals surface area contributed by atoms with Crippen LogP contribution in [-0.2, 0) is 13.1 Å². The lowest BCUT2D eigenvalue weighted by Crippen LogP contribution is -2.41. The first-order valence-electron chi connectivity index (χ1n) is 5.49. The minimum Gasteiger partial charge on any atom is -0.393 e. The van der Waals surface area contributed by atoms with E-state index in [0.29, 0.717) is 12.4 Å². The second-order valence-corrected chi connectivity index (χ2v) is 3.71. The van der Waals surface area contributed by atoms with Crippen molar-refractivity contribution >= 4 is 5.69 Å². The maximum atomic E-state index is 12.0. The zero-order valence-electron chi connectivity index (χ0n) is 9.91. The molecule has 0 atom stereocenters. The van der Waals surface area contributed by atoms with Gasteiger partial charge in [0.25, 0.3) is 5.56 Å². The summed E-state index contributed by atoms with van der Waals surface area (Å²) in [5.74, 6) is 0.393. The molecule has 2 heterocycles. The summed E-state index contributed by atoms with van der Waals surface area (Å²) in [6, 6.07) is 1.66. The maximum Gasteiger partial charge on any atom is 0.331 e. The van der Waals surface area contributed by atoms with E-state index in [9.17, 15) is 9.59 Å². The van der Waals surface area contributed by atoms with Gasteiger partial charge >= 0.3 is 5.69 Å². The van der Waals surface area contributed by atoms with Gasteiger partial charge in [0.05, 0.1) is 6.54 Å². The van der Waals surface area contributed by atoms with Crippen molar-refractivity contribution in [1.29, 1.82) is 0 Å². The van der Waals surface area contributed by atoms with E-state index in [-0.39, 0.29) is 12.2 Å². The summed E-state index contributed by atoms with van der Waals surface area (Å²) in [5.41, 5.74) is 4.69. The summed E-state index contributed by atoms with van der Waals surface area (Å²) < 4.78 is 2.41. The van der Waals surface area contributed by atoms with E-state index in [1.165, 1.54) is 10.8 Å². The van der Waals surface area contributed by atoms with Gasteiger partial charge in [-0.25, -0.2) is 14.8 Å². The molecule has 18 heavy (non-hydrogen) atoms. The number of rotatable bonds is 3. The molecular formula is C11H13N5O2. The smallest absolute Gasteiger partial charge is 0.331 e. The Morgan fingerprint density at radius 2 is 1.94 bits per heavy atom. The van der Waals surface area contributed by atoms with E-state index >= 15 is 0 Å². The van der Waals surface area contributed by atoms with E-state index < -0.39 is 11.2 Å². The average Bonchev–Trinajstić information content (AvgIpc) is 2.40. The van der Waals surface area contributed by atoms with Crippen LogP contribution in [0.4, 0.5) is 5.69 Å². The third-order valence-electron chi connectivity index (χ3n) is 2.52.